The molecule has 1 fully saturated rings. The number of hydrogen-bond donors (Lipinski definition) is 2. The van der Waals surface area contributed by atoms with Gasteiger partial charge in [0, 0.05) is 49.8 Å². The summed E-state index contributed by atoms with van der Waals surface area (Å²) in [5.74, 6) is -2.72. The van der Waals surface area contributed by atoms with Gasteiger partial charge in [0.25, 0.3) is 0 Å². The van der Waals surface area contributed by atoms with E-state index in [1.807, 2.05) is 24.3 Å². The Bertz CT molecular complexity index is 1240. The number of halogens is 2. The van der Waals surface area contributed by atoms with E-state index in [1.54, 1.807) is 14.0 Å². The van der Waals surface area contributed by atoms with Crippen LogP contribution in [0.3, 0.4) is 0 Å². The second kappa shape index (κ2) is 11.7. The highest BCUT2D eigenvalue weighted by atomic mass is 19.2. The molecule has 2 aliphatic rings. The number of allylic oxidation sites excluding steroid dienone is 1. The molecule has 1 aliphatic heterocycles. The summed E-state index contributed by atoms with van der Waals surface area (Å²) in [6, 6.07) is 13.9. The van der Waals surface area contributed by atoms with Crippen LogP contribution < -0.4 is 10.6 Å². The van der Waals surface area contributed by atoms with Gasteiger partial charge in [-0.1, -0.05) is 24.3 Å². The molecule has 0 spiro atoms. The fraction of sp³-hybridized carbons (Fsp3) is 0.414. The summed E-state index contributed by atoms with van der Waals surface area (Å²) in [6.07, 6.45) is 4.01. The molecule has 37 heavy (non-hydrogen) atoms. The number of nitrogens with zero attached hydrogens (tertiary/aromatic N) is 2. The summed E-state index contributed by atoms with van der Waals surface area (Å²) in [5.41, 5.74) is 3.18. The van der Waals surface area contributed by atoms with Crippen LogP contribution in [0.5, 0.6) is 0 Å². The van der Waals surface area contributed by atoms with Crippen molar-refractivity contribution < 1.29 is 18.4 Å². The zero-order chi connectivity index (χ0) is 26.5. The number of hydrogen-bond acceptors (Lipinski definition) is 4. The first-order valence-corrected chi connectivity index (χ1v) is 12.7. The second-order valence-electron chi connectivity index (χ2n) is 9.84. The molecule has 194 valence electrons. The first-order valence-electron chi connectivity index (χ1n) is 12.7. The van der Waals surface area contributed by atoms with Crippen LogP contribution in [0.1, 0.15) is 67.6 Å². The molecule has 8 heteroatoms. The molecule has 0 radical (unpaired) electrons. The van der Waals surface area contributed by atoms with Gasteiger partial charge in [-0.3, -0.25) is 9.59 Å². The smallest absolute Gasteiger partial charge is 0.249 e. The highest BCUT2D eigenvalue weighted by molar-refractivity contribution is 5.99. The maximum absolute atomic E-state index is 13.9. The van der Waals surface area contributed by atoms with Crippen LogP contribution in [0.4, 0.5) is 8.78 Å². The van der Waals surface area contributed by atoms with E-state index in [-0.39, 0.29) is 18.2 Å². The molecule has 0 aromatic heterocycles. The first-order chi connectivity index (χ1) is 17.8. The van der Waals surface area contributed by atoms with Gasteiger partial charge >= 0.3 is 0 Å². The van der Waals surface area contributed by atoms with Crippen LogP contribution in [0.2, 0.25) is 0 Å². The summed E-state index contributed by atoms with van der Waals surface area (Å²) in [7, 11) is 1.61. The summed E-state index contributed by atoms with van der Waals surface area (Å²) in [4.78, 5) is 27.1. The maximum Gasteiger partial charge on any atom is 0.249 e. The average Bonchev–Trinajstić information content (AvgIpc) is 2.91. The molecule has 0 bridgehead atoms. The molecule has 4 rings (SSSR count). The van der Waals surface area contributed by atoms with Crippen molar-refractivity contribution in [3.05, 3.63) is 82.1 Å². The predicted molar refractivity (Wildman–Crippen MR) is 136 cm³/mol. The summed E-state index contributed by atoms with van der Waals surface area (Å²) < 4.78 is 27.4. The van der Waals surface area contributed by atoms with E-state index in [0.29, 0.717) is 41.9 Å². The van der Waals surface area contributed by atoms with Crippen molar-refractivity contribution >= 4 is 11.8 Å². The normalized spacial score (nSPS) is 22.1. The predicted octanol–water partition coefficient (Wildman–Crippen LogP) is 4.49. The number of carbonyl (C=O) groups excluding carboxylic acids is 2. The number of benzene rings is 2. The van der Waals surface area contributed by atoms with Gasteiger partial charge in [-0.2, -0.15) is 5.26 Å². The Labute approximate surface area is 216 Å². The Hall–Kier alpha value is -3.57. The van der Waals surface area contributed by atoms with Crippen LogP contribution in [0.25, 0.3) is 0 Å². The molecule has 6 nitrogen and oxygen atoms in total. The molecule has 1 saturated carbocycles. The minimum absolute atomic E-state index is 0.0120. The lowest BCUT2D eigenvalue weighted by molar-refractivity contribution is -0.129. The zero-order valence-corrected chi connectivity index (χ0v) is 21.2. The number of amides is 2. The molecule has 2 N–H and O–H groups in total. The average molecular weight is 507 g/mol. The highest BCUT2D eigenvalue weighted by Gasteiger charge is 2.35. The largest absolute Gasteiger partial charge is 0.351 e. The quantitative estimate of drug-likeness (QED) is 0.542. The van der Waals surface area contributed by atoms with E-state index in [4.69, 9.17) is 0 Å². The minimum Gasteiger partial charge on any atom is -0.351 e. The van der Waals surface area contributed by atoms with Gasteiger partial charge in [0.1, 0.15) is 0 Å². The monoisotopic (exact) mass is 506 g/mol. The molecular weight excluding hydrogens is 474 g/mol. The Morgan fingerprint density at radius 3 is 2.51 bits per heavy atom. The van der Waals surface area contributed by atoms with Crippen molar-refractivity contribution in [2.75, 3.05) is 20.1 Å². The van der Waals surface area contributed by atoms with E-state index < -0.39 is 17.6 Å². The van der Waals surface area contributed by atoms with Gasteiger partial charge in [-0.05, 0) is 67.9 Å². The van der Waals surface area contributed by atoms with Crippen molar-refractivity contribution in [1.29, 1.82) is 5.26 Å². The summed E-state index contributed by atoms with van der Waals surface area (Å²) >= 11 is 0. The highest BCUT2D eigenvalue weighted by Crippen LogP contribution is 2.37. The van der Waals surface area contributed by atoms with Crippen molar-refractivity contribution in [1.82, 2.24) is 15.5 Å². The van der Waals surface area contributed by atoms with Crippen LogP contribution in [0, 0.1) is 23.0 Å². The molecule has 1 atom stereocenters. The number of carbonyl (C=O) groups is 2. The van der Waals surface area contributed by atoms with Gasteiger partial charge in [0.2, 0.25) is 11.8 Å². The molecule has 1 aliphatic carbocycles. The van der Waals surface area contributed by atoms with Gasteiger partial charge in [-0.15, -0.1) is 0 Å². The summed E-state index contributed by atoms with van der Waals surface area (Å²) in [6.45, 7) is 2.68. The number of nitriles is 1. The van der Waals surface area contributed by atoms with Crippen molar-refractivity contribution in [3.63, 3.8) is 0 Å². The third-order valence-corrected chi connectivity index (χ3v) is 7.68. The fourth-order valence-electron chi connectivity index (χ4n) is 5.48. The Morgan fingerprint density at radius 2 is 1.81 bits per heavy atom. The van der Waals surface area contributed by atoms with Crippen molar-refractivity contribution in [3.8, 4) is 6.07 Å². The maximum atomic E-state index is 13.9. The van der Waals surface area contributed by atoms with Gasteiger partial charge in [-0.25, -0.2) is 8.78 Å². The van der Waals surface area contributed by atoms with Gasteiger partial charge in [0.15, 0.2) is 11.6 Å². The van der Waals surface area contributed by atoms with E-state index in [0.717, 1.165) is 48.9 Å². The molecule has 0 saturated heterocycles. The van der Waals surface area contributed by atoms with Crippen LogP contribution >= 0.6 is 0 Å². The topological polar surface area (TPSA) is 85.2 Å². The lowest BCUT2D eigenvalue weighted by Crippen LogP contribution is -2.42. The Morgan fingerprint density at radius 1 is 1.08 bits per heavy atom. The van der Waals surface area contributed by atoms with Crippen LogP contribution in [0.15, 0.2) is 53.7 Å². The van der Waals surface area contributed by atoms with E-state index >= 15 is 0 Å². The van der Waals surface area contributed by atoms with Crippen molar-refractivity contribution in [2.24, 2.45) is 0 Å². The number of nitrogens with one attached hydrogen (secondary N) is 2. The molecule has 2 amide bonds. The molecule has 2 aromatic carbocycles. The SMILES string of the molecule is CC1=C(C(=O)NCCNC2CCC(c3ccccc3C#N)CC2)[C@@H](c2ccc(F)c(F)c2)CC(=O)N1C. The number of rotatable bonds is 7. The van der Waals surface area contributed by atoms with Crippen LogP contribution in [-0.2, 0) is 9.59 Å². The third kappa shape index (κ3) is 5.89. The molecule has 1 heterocycles. The van der Waals surface area contributed by atoms with Crippen molar-refractivity contribution in [2.45, 2.75) is 56.9 Å². The van der Waals surface area contributed by atoms with Gasteiger partial charge < -0.3 is 15.5 Å². The third-order valence-electron chi connectivity index (χ3n) is 7.68. The lowest BCUT2D eigenvalue weighted by atomic mass is 9.80. The minimum atomic E-state index is -1.00. The van der Waals surface area contributed by atoms with E-state index in [9.17, 15) is 23.6 Å². The van der Waals surface area contributed by atoms with Crippen LogP contribution in [-0.4, -0.2) is 42.9 Å². The van der Waals surface area contributed by atoms with E-state index in [1.165, 1.54) is 11.0 Å². The lowest BCUT2D eigenvalue weighted by Gasteiger charge is -2.33. The first kappa shape index (κ1) is 26.5. The molecule has 2 aromatic rings. The molecule has 0 unspecified atom stereocenters. The Balaban J connectivity index is 1.32. The van der Waals surface area contributed by atoms with E-state index in [2.05, 4.69) is 16.7 Å². The fourth-order valence-corrected chi connectivity index (χ4v) is 5.48. The standard InChI is InChI=1S/C29H32F2N4O2/c1-18-28(24(16-27(36)35(18)2)20-9-12-25(30)26(31)15-20)29(37)34-14-13-33-22-10-7-19(8-11-22)23-6-4-3-5-21(23)17-32/h3-6,9,12,15,19,22,24,33H,7-8,10-11,13-14,16H2,1-2H3,(H,34,37)/t19?,22?,24-/m1/s1. The second-order valence-corrected chi connectivity index (χ2v) is 9.84. The Kier molecular flexibility index (Phi) is 8.34. The molecular formula is C29H32F2N4O2. The van der Waals surface area contributed by atoms with Gasteiger partial charge in [0.05, 0.1) is 11.6 Å². The summed E-state index contributed by atoms with van der Waals surface area (Å²) in [5, 5.41) is 15.8. The zero-order valence-electron chi connectivity index (χ0n) is 21.2.